The van der Waals surface area contributed by atoms with E-state index in [9.17, 15) is 4.79 Å². The molecule has 0 aromatic carbocycles. The lowest BCUT2D eigenvalue weighted by atomic mass is 9.76. The number of hydrogen-bond acceptors (Lipinski definition) is 3. The third kappa shape index (κ3) is 12.3. The lowest BCUT2D eigenvalue weighted by Gasteiger charge is -2.32. The fourth-order valence-electron chi connectivity index (χ4n) is 5.86. The summed E-state index contributed by atoms with van der Waals surface area (Å²) in [6, 6.07) is -0.113. The maximum atomic E-state index is 11.5. The van der Waals surface area contributed by atoms with Gasteiger partial charge in [0.1, 0.15) is 0 Å². The minimum absolute atomic E-state index is 0.113. The molecule has 0 aromatic rings. The van der Waals surface area contributed by atoms with Gasteiger partial charge in [0.2, 0.25) is 5.91 Å². The van der Waals surface area contributed by atoms with Gasteiger partial charge in [0.15, 0.2) is 0 Å². The number of primary amides is 1. The molecule has 0 bridgehead atoms. The normalized spacial score (nSPS) is 22.9. The van der Waals surface area contributed by atoms with Gasteiger partial charge in [0.25, 0.3) is 0 Å². The molecular weight excluding hydrogens is 412 g/mol. The van der Waals surface area contributed by atoms with Crippen LogP contribution < -0.4 is 11.1 Å². The number of carbonyl (C=O) groups is 1. The summed E-state index contributed by atoms with van der Waals surface area (Å²) >= 11 is 1.92. The SMILES string of the molecule is CCCCCCCCCCCCCCCCC(CC1NC(C(N)=O)CS1)C1CCCCC1. The van der Waals surface area contributed by atoms with Crippen molar-refractivity contribution < 1.29 is 4.79 Å². The highest BCUT2D eigenvalue weighted by Gasteiger charge is 2.32. The number of rotatable bonds is 19. The third-order valence-corrected chi connectivity index (χ3v) is 9.21. The molecule has 0 spiro atoms. The number of nitrogens with two attached hydrogens (primary N) is 1. The molecule has 1 heterocycles. The van der Waals surface area contributed by atoms with E-state index in [0.717, 1.165) is 17.6 Å². The van der Waals surface area contributed by atoms with Crippen molar-refractivity contribution in [3.8, 4) is 0 Å². The Balaban J connectivity index is 1.51. The van der Waals surface area contributed by atoms with Gasteiger partial charge in [0, 0.05) is 5.75 Å². The van der Waals surface area contributed by atoms with E-state index >= 15 is 0 Å². The summed E-state index contributed by atoms with van der Waals surface area (Å²) in [5.74, 6) is 2.43. The van der Waals surface area contributed by atoms with E-state index in [1.165, 1.54) is 135 Å². The molecule has 1 saturated heterocycles. The fourth-order valence-corrected chi connectivity index (χ4v) is 7.19. The summed E-state index contributed by atoms with van der Waals surface area (Å²) in [5, 5.41) is 3.94. The summed E-state index contributed by atoms with van der Waals surface area (Å²) in [6.45, 7) is 2.30. The molecule has 3 unspecified atom stereocenters. The van der Waals surface area contributed by atoms with E-state index in [4.69, 9.17) is 5.73 Å². The van der Waals surface area contributed by atoms with Crippen molar-refractivity contribution in [1.29, 1.82) is 0 Å². The van der Waals surface area contributed by atoms with Crippen molar-refractivity contribution in [2.45, 2.75) is 153 Å². The van der Waals surface area contributed by atoms with Crippen molar-refractivity contribution in [3.05, 3.63) is 0 Å². The zero-order valence-corrected chi connectivity index (χ0v) is 22.1. The Morgan fingerprint density at radius 1 is 0.844 bits per heavy atom. The molecule has 32 heavy (non-hydrogen) atoms. The van der Waals surface area contributed by atoms with Crippen LogP contribution >= 0.6 is 11.8 Å². The van der Waals surface area contributed by atoms with Crippen LogP contribution in [0.2, 0.25) is 0 Å². The number of amides is 1. The summed E-state index contributed by atoms with van der Waals surface area (Å²) in [6.07, 6.45) is 29.8. The average molecular weight is 467 g/mol. The average Bonchev–Trinajstić information content (AvgIpc) is 3.28. The number of carbonyl (C=O) groups excluding carboxylic acids is 1. The van der Waals surface area contributed by atoms with Crippen LogP contribution in [0.25, 0.3) is 0 Å². The van der Waals surface area contributed by atoms with Crippen LogP contribution in [0.1, 0.15) is 142 Å². The second-order valence-corrected chi connectivity index (χ2v) is 12.0. The Bertz CT molecular complexity index is 466. The topological polar surface area (TPSA) is 55.1 Å². The van der Waals surface area contributed by atoms with Crippen molar-refractivity contribution >= 4 is 17.7 Å². The molecule has 0 aromatic heterocycles. The number of unbranched alkanes of at least 4 members (excludes halogenated alkanes) is 13. The van der Waals surface area contributed by atoms with Crippen LogP contribution in [-0.2, 0) is 4.79 Å². The highest BCUT2D eigenvalue weighted by Crippen LogP contribution is 2.38. The van der Waals surface area contributed by atoms with Gasteiger partial charge in [-0.2, -0.15) is 0 Å². The molecule has 1 aliphatic heterocycles. The van der Waals surface area contributed by atoms with E-state index in [1.807, 2.05) is 11.8 Å². The Hall–Kier alpha value is -0.220. The van der Waals surface area contributed by atoms with E-state index in [1.54, 1.807) is 0 Å². The van der Waals surface area contributed by atoms with Crippen LogP contribution in [0, 0.1) is 11.8 Å². The van der Waals surface area contributed by atoms with E-state index < -0.39 is 0 Å². The maximum Gasteiger partial charge on any atom is 0.235 e. The first-order valence-electron chi connectivity index (χ1n) is 14.4. The molecule has 4 heteroatoms. The van der Waals surface area contributed by atoms with Crippen molar-refractivity contribution in [2.75, 3.05) is 5.75 Å². The van der Waals surface area contributed by atoms with Crippen molar-refractivity contribution in [2.24, 2.45) is 17.6 Å². The predicted molar refractivity (Wildman–Crippen MR) is 142 cm³/mol. The third-order valence-electron chi connectivity index (χ3n) is 7.96. The molecule has 2 rings (SSSR count). The standard InChI is InChI=1S/C28H54N2OS/c1-2-3-4-5-6-7-8-9-10-11-12-13-14-16-21-25(24-19-17-15-18-20-24)22-27-30-26(23-32-27)28(29)31/h24-27,30H,2-23H2,1H3,(H2,29,31). The Morgan fingerprint density at radius 2 is 1.38 bits per heavy atom. The lowest BCUT2D eigenvalue weighted by Crippen LogP contribution is -2.41. The number of nitrogens with one attached hydrogen (secondary N) is 1. The smallest absolute Gasteiger partial charge is 0.235 e. The minimum Gasteiger partial charge on any atom is -0.368 e. The van der Waals surface area contributed by atoms with E-state index in [2.05, 4.69) is 12.2 Å². The van der Waals surface area contributed by atoms with Gasteiger partial charge >= 0.3 is 0 Å². The minimum atomic E-state index is -0.179. The van der Waals surface area contributed by atoms with Crippen molar-refractivity contribution in [1.82, 2.24) is 5.32 Å². The van der Waals surface area contributed by atoms with E-state index in [-0.39, 0.29) is 11.9 Å². The largest absolute Gasteiger partial charge is 0.368 e. The highest BCUT2D eigenvalue weighted by atomic mass is 32.2. The Kier molecular flexibility index (Phi) is 15.9. The quantitative estimate of drug-likeness (QED) is 0.190. The molecule has 0 radical (unpaired) electrons. The molecule has 3 N–H and O–H groups in total. The van der Waals surface area contributed by atoms with Crippen LogP contribution in [0.4, 0.5) is 0 Å². The molecule has 2 fully saturated rings. The van der Waals surface area contributed by atoms with Crippen molar-refractivity contribution in [3.63, 3.8) is 0 Å². The first-order valence-corrected chi connectivity index (χ1v) is 15.4. The first kappa shape index (κ1) is 28.0. The number of hydrogen-bond donors (Lipinski definition) is 2. The molecule has 1 amide bonds. The Morgan fingerprint density at radius 3 is 1.88 bits per heavy atom. The van der Waals surface area contributed by atoms with Gasteiger partial charge in [0.05, 0.1) is 11.4 Å². The van der Waals surface area contributed by atoms with Gasteiger partial charge in [-0.05, 0) is 18.3 Å². The molecule has 188 valence electrons. The van der Waals surface area contributed by atoms with Crippen LogP contribution in [-0.4, -0.2) is 23.1 Å². The van der Waals surface area contributed by atoms with Gasteiger partial charge in [-0.25, -0.2) is 0 Å². The molecule has 3 nitrogen and oxygen atoms in total. The van der Waals surface area contributed by atoms with Gasteiger partial charge in [-0.15, -0.1) is 11.8 Å². The maximum absolute atomic E-state index is 11.5. The van der Waals surface area contributed by atoms with Crippen LogP contribution in [0.3, 0.4) is 0 Å². The molecule has 3 atom stereocenters. The van der Waals surface area contributed by atoms with Crippen LogP contribution in [0.5, 0.6) is 0 Å². The monoisotopic (exact) mass is 466 g/mol. The van der Waals surface area contributed by atoms with Gasteiger partial charge < -0.3 is 5.73 Å². The van der Waals surface area contributed by atoms with Gasteiger partial charge in [-0.1, -0.05) is 135 Å². The van der Waals surface area contributed by atoms with E-state index in [0.29, 0.717) is 5.37 Å². The molecule has 2 aliphatic rings. The summed E-state index contributed by atoms with van der Waals surface area (Å²) in [4.78, 5) is 11.5. The second-order valence-electron chi connectivity index (χ2n) is 10.7. The summed E-state index contributed by atoms with van der Waals surface area (Å²) < 4.78 is 0. The van der Waals surface area contributed by atoms with Crippen LogP contribution in [0.15, 0.2) is 0 Å². The second kappa shape index (κ2) is 18.2. The molecule has 1 saturated carbocycles. The summed E-state index contributed by atoms with van der Waals surface area (Å²) in [5.41, 5.74) is 5.51. The number of thioether (sulfide) groups is 1. The highest BCUT2D eigenvalue weighted by molar-refractivity contribution is 8.00. The molecule has 1 aliphatic carbocycles. The zero-order chi connectivity index (χ0) is 22.9. The fraction of sp³-hybridized carbons (Fsp3) is 0.964. The summed E-state index contributed by atoms with van der Waals surface area (Å²) in [7, 11) is 0. The first-order chi connectivity index (χ1) is 15.7. The lowest BCUT2D eigenvalue weighted by molar-refractivity contribution is -0.119. The predicted octanol–water partition coefficient (Wildman–Crippen LogP) is 7.96. The zero-order valence-electron chi connectivity index (χ0n) is 21.3. The molecular formula is C28H54N2OS. The van der Waals surface area contributed by atoms with Gasteiger partial charge in [-0.3, -0.25) is 10.1 Å². The Labute approximate surface area is 204 Å².